The standard InChI is InChI=1S/C32H48NO4P/c1-8-19-37-33-20(2)21-11-16-32(27(34)35)18-17-30(6)22(26(21)32)9-10-24-29(5)14-13-25(38-36)28(3,4)23(29)12-15-31(24,30)7/h1,21-26H,9-19H2,2-7H3,(H,34,35)/t21?,22?,23?,24?,25?,26?,29-,30?,31+,32?/m0/s1. The van der Waals surface area contributed by atoms with Crippen molar-refractivity contribution in [1.29, 1.82) is 0 Å². The number of oxime groups is 1. The van der Waals surface area contributed by atoms with Gasteiger partial charge in [-0.2, -0.15) is 0 Å². The molecular weight excluding hydrogens is 493 g/mol. The topological polar surface area (TPSA) is 76.0 Å². The molecule has 5 rings (SSSR count). The Kier molecular flexibility index (Phi) is 6.91. The minimum Gasteiger partial charge on any atom is -0.481 e. The molecule has 5 saturated carbocycles. The van der Waals surface area contributed by atoms with Gasteiger partial charge in [0.1, 0.15) is 0 Å². The number of rotatable bonds is 5. The molecule has 6 heteroatoms. The molecule has 5 aliphatic rings. The summed E-state index contributed by atoms with van der Waals surface area (Å²) in [6.45, 7) is 14.6. The maximum absolute atomic E-state index is 13.0. The van der Waals surface area contributed by atoms with E-state index in [4.69, 9.17) is 11.3 Å². The van der Waals surface area contributed by atoms with E-state index >= 15 is 0 Å². The van der Waals surface area contributed by atoms with Crippen LogP contribution in [0.1, 0.15) is 106 Å². The molecule has 8 unspecified atom stereocenters. The normalized spacial score (nSPS) is 49.7. The molecule has 0 aromatic carbocycles. The first kappa shape index (κ1) is 28.1. The third-order valence-electron chi connectivity index (χ3n) is 13.9. The van der Waals surface area contributed by atoms with Gasteiger partial charge in [0.15, 0.2) is 15.1 Å². The molecule has 5 fully saturated rings. The van der Waals surface area contributed by atoms with Gasteiger partial charge in [-0.05, 0) is 116 Å². The summed E-state index contributed by atoms with van der Waals surface area (Å²) < 4.78 is 12.1. The summed E-state index contributed by atoms with van der Waals surface area (Å²) in [6.07, 6.45) is 15.6. The summed E-state index contributed by atoms with van der Waals surface area (Å²) in [5.74, 6) is 3.65. The lowest BCUT2D eigenvalue weighted by molar-refractivity contribution is -0.236. The number of carboxylic acid groups (broad SMARTS) is 1. The fourth-order valence-corrected chi connectivity index (χ4v) is 12.5. The van der Waals surface area contributed by atoms with Gasteiger partial charge in [-0.1, -0.05) is 45.7 Å². The molecule has 10 atom stereocenters. The Bertz CT molecular complexity index is 1060. The Balaban J connectivity index is 1.53. The zero-order valence-corrected chi connectivity index (χ0v) is 25.3. The van der Waals surface area contributed by atoms with E-state index in [2.05, 4.69) is 45.7 Å². The van der Waals surface area contributed by atoms with Gasteiger partial charge in [-0.25, -0.2) is 0 Å². The summed E-state index contributed by atoms with van der Waals surface area (Å²) >= 11 is 0. The molecule has 0 spiro atoms. The Hall–Kier alpha value is -1.40. The van der Waals surface area contributed by atoms with Crippen LogP contribution in [0.3, 0.4) is 0 Å². The second-order valence-electron chi connectivity index (χ2n) is 15.0. The van der Waals surface area contributed by atoms with E-state index in [0.29, 0.717) is 26.2 Å². The first-order chi connectivity index (χ1) is 17.8. The summed E-state index contributed by atoms with van der Waals surface area (Å²) in [5, 5.41) is 15.0. The highest BCUT2D eigenvalue weighted by Crippen LogP contribution is 2.77. The van der Waals surface area contributed by atoms with Crippen molar-refractivity contribution in [3.05, 3.63) is 0 Å². The third kappa shape index (κ3) is 3.57. The Labute approximate surface area is 231 Å². The Morgan fingerprint density at radius 1 is 0.974 bits per heavy atom. The number of carboxylic acids is 1. The third-order valence-corrected chi connectivity index (χ3v) is 15.0. The molecule has 0 bridgehead atoms. The number of hydrogen-bond donors (Lipinski definition) is 1. The quantitative estimate of drug-likeness (QED) is 0.126. The number of carbonyl (C=O) groups is 1. The van der Waals surface area contributed by atoms with Crippen molar-refractivity contribution in [2.45, 2.75) is 111 Å². The highest BCUT2D eigenvalue weighted by molar-refractivity contribution is 7.24. The van der Waals surface area contributed by atoms with Gasteiger partial charge in [-0.15, -0.1) is 6.42 Å². The molecular formula is C32H48NO4P. The molecule has 1 N–H and O–H groups in total. The minimum absolute atomic E-state index is 0.0723. The molecule has 0 amide bonds. The molecule has 5 nitrogen and oxygen atoms in total. The number of nitrogens with zero attached hydrogens (tertiary/aromatic N) is 1. The van der Waals surface area contributed by atoms with E-state index in [9.17, 15) is 14.5 Å². The summed E-state index contributed by atoms with van der Waals surface area (Å²) in [7, 11) is 0.312. The zero-order valence-electron chi connectivity index (χ0n) is 24.4. The monoisotopic (exact) mass is 541 g/mol. The van der Waals surface area contributed by atoms with Crippen LogP contribution in [0.2, 0.25) is 0 Å². The predicted molar refractivity (Wildman–Crippen MR) is 151 cm³/mol. The van der Waals surface area contributed by atoms with Crippen molar-refractivity contribution in [3.8, 4) is 12.3 Å². The predicted octanol–water partition coefficient (Wildman–Crippen LogP) is 7.84. The van der Waals surface area contributed by atoms with Gasteiger partial charge in [-0.3, -0.25) is 9.36 Å². The Morgan fingerprint density at radius 2 is 1.71 bits per heavy atom. The number of fused-ring (bicyclic) bond motifs is 7. The number of hydrogen-bond acceptors (Lipinski definition) is 4. The fraction of sp³-hybridized carbons (Fsp3) is 0.875. The summed E-state index contributed by atoms with van der Waals surface area (Å²) in [6, 6.07) is 0. The van der Waals surface area contributed by atoms with Crippen LogP contribution in [-0.4, -0.2) is 29.1 Å². The maximum Gasteiger partial charge on any atom is 0.309 e. The second-order valence-corrected chi connectivity index (χ2v) is 15.8. The van der Waals surface area contributed by atoms with Crippen LogP contribution >= 0.6 is 8.46 Å². The molecule has 0 aromatic heterocycles. The fourth-order valence-electron chi connectivity index (χ4n) is 11.8. The van der Waals surface area contributed by atoms with Gasteiger partial charge in [0, 0.05) is 11.6 Å². The molecule has 38 heavy (non-hydrogen) atoms. The van der Waals surface area contributed by atoms with Crippen LogP contribution in [-0.2, 0) is 14.2 Å². The van der Waals surface area contributed by atoms with Crippen molar-refractivity contribution < 1.29 is 19.3 Å². The number of aliphatic carboxylic acids is 1. The smallest absolute Gasteiger partial charge is 0.309 e. The van der Waals surface area contributed by atoms with Crippen LogP contribution in [0.25, 0.3) is 0 Å². The molecule has 0 radical (unpaired) electrons. The highest BCUT2D eigenvalue weighted by Gasteiger charge is 2.72. The van der Waals surface area contributed by atoms with Crippen LogP contribution in [0, 0.1) is 69.0 Å². The lowest BCUT2D eigenvalue weighted by Gasteiger charge is -2.72. The average Bonchev–Trinajstić information content (AvgIpc) is 3.25. The van der Waals surface area contributed by atoms with Crippen LogP contribution in [0.5, 0.6) is 0 Å². The minimum atomic E-state index is -0.657. The van der Waals surface area contributed by atoms with Crippen molar-refractivity contribution in [2.24, 2.45) is 61.8 Å². The summed E-state index contributed by atoms with van der Waals surface area (Å²) in [4.78, 5) is 18.4. The van der Waals surface area contributed by atoms with E-state index in [-0.39, 0.29) is 45.8 Å². The van der Waals surface area contributed by atoms with Crippen molar-refractivity contribution in [1.82, 2.24) is 0 Å². The Morgan fingerprint density at radius 3 is 2.37 bits per heavy atom. The van der Waals surface area contributed by atoms with E-state index in [1.54, 1.807) is 0 Å². The van der Waals surface area contributed by atoms with Crippen molar-refractivity contribution in [3.63, 3.8) is 0 Å². The molecule has 0 aliphatic heterocycles. The molecule has 0 heterocycles. The van der Waals surface area contributed by atoms with Crippen molar-refractivity contribution in [2.75, 3.05) is 6.61 Å². The lowest BCUT2D eigenvalue weighted by atomic mass is 9.32. The first-order valence-corrected chi connectivity index (χ1v) is 15.9. The number of terminal acetylenes is 1. The first-order valence-electron chi connectivity index (χ1n) is 15.0. The van der Waals surface area contributed by atoms with Gasteiger partial charge in [0.05, 0.1) is 11.1 Å². The largest absolute Gasteiger partial charge is 0.481 e. The zero-order chi connectivity index (χ0) is 27.7. The van der Waals surface area contributed by atoms with E-state index < -0.39 is 11.4 Å². The van der Waals surface area contributed by atoms with Crippen LogP contribution in [0.15, 0.2) is 5.16 Å². The van der Waals surface area contributed by atoms with Gasteiger partial charge in [0.25, 0.3) is 0 Å². The average molecular weight is 542 g/mol. The van der Waals surface area contributed by atoms with E-state index in [1.165, 1.54) is 19.3 Å². The summed E-state index contributed by atoms with van der Waals surface area (Å²) in [5.41, 5.74) is 1.08. The van der Waals surface area contributed by atoms with Crippen LogP contribution in [0.4, 0.5) is 0 Å². The SMILES string of the molecule is C#CCON=C(C)C1CCC2(C(=O)O)CCC3(C)C(CCC4[C@@]5(C)CCC(P=O)C(C)(C)C5CC[C@]43C)C12. The molecule has 0 saturated heterocycles. The van der Waals surface area contributed by atoms with Crippen molar-refractivity contribution >= 4 is 20.1 Å². The van der Waals surface area contributed by atoms with Crippen LogP contribution < -0.4 is 0 Å². The van der Waals surface area contributed by atoms with E-state index in [0.717, 1.165) is 50.7 Å². The highest BCUT2D eigenvalue weighted by atomic mass is 31.1. The van der Waals surface area contributed by atoms with Gasteiger partial charge >= 0.3 is 5.97 Å². The van der Waals surface area contributed by atoms with E-state index in [1.807, 2.05) is 6.92 Å². The van der Waals surface area contributed by atoms with Gasteiger partial charge < -0.3 is 9.94 Å². The second kappa shape index (κ2) is 9.33. The molecule has 5 aliphatic carbocycles. The maximum atomic E-state index is 13.0. The lowest BCUT2D eigenvalue weighted by Crippen LogP contribution is -2.66. The molecule has 210 valence electrons. The molecule has 0 aromatic rings. The van der Waals surface area contributed by atoms with Gasteiger partial charge in [0.2, 0.25) is 0 Å².